The zero-order valence-corrected chi connectivity index (χ0v) is 15.3. The molecule has 1 amide bonds. The van der Waals surface area contributed by atoms with Gasteiger partial charge in [0.15, 0.2) is 0 Å². The van der Waals surface area contributed by atoms with Crippen molar-refractivity contribution >= 4 is 5.91 Å². The first-order valence-corrected chi connectivity index (χ1v) is 8.94. The molecule has 0 bridgehead atoms. The van der Waals surface area contributed by atoms with E-state index in [-0.39, 0.29) is 5.91 Å². The van der Waals surface area contributed by atoms with E-state index in [2.05, 4.69) is 5.32 Å². The van der Waals surface area contributed by atoms with Crippen molar-refractivity contribution in [1.82, 2.24) is 5.32 Å². The van der Waals surface area contributed by atoms with Gasteiger partial charge in [0.05, 0.1) is 32.6 Å². The monoisotopic (exact) mass is 365 g/mol. The van der Waals surface area contributed by atoms with Crippen molar-refractivity contribution in [3.63, 3.8) is 0 Å². The number of amides is 1. The van der Waals surface area contributed by atoms with Gasteiger partial charge in [-0.05, 0) is 42.8 Å². The van der Waals surface area contributed by atoms with Gasteiger partial charge in [-0.25, -0.2) is 0 Å². The normalized spacial score (nSPS) is 10.6. The van der Waals surface area contributed by atoms with Gasteiger partial charge in [0.2, 0.25) is 0 Å². The Morgan fingerprint density at radius 2 is 1.89 bits per heavy atom. The van der Waals surface area contributed by atoms with Gasteiger partial charge in [0.25, 0.3) is 5.91 Å². The number of hydrogen-bond donors (Lipinski definition) is 1. The lowest BCUT2D eigenvalue weighted by Gasteiger charge is -2.13. The second-order valence-electron chi connectivity index (χ2n) is 6.00. The molecule has 0 saturated heterocycles. The van der Waals surface area contributed by atoms with Gasteiger partial charge >= 0.3 is 0 Å². The van der Waals surface area contributed by atoms with E-state index in [0.717, 1.165) is 16.9 Å². The fourth-order valence-corrected chi connectivity index (χ4v) is 2.67. The fourth-order valence-electron chi connectivity index (χ4n) is 2.67. The highest BCUT2D eigenvalue weighted by molar-refractivity contribution is 5.94. The highest BCUT2D eigenvalue weighted by Crippen LogP contribution is 2.22. The van der Waals surface area contributed by atoms with Crippen LogP contribution in [-0.4, -0.2) is 12.5 Å². The van der Waals surface area contributed by atoms with E-state index < -0.39 is 0 Å². The summed E-state index contributed by atoms with van der Waals surface area (Å²) in [6, 6.07) is 19.0. The molecule has 5 heteroatoms. The summed E-state index contributed by atoms with van der Waals surface area (Å²) in [5, 5.41) is 2.85. The molecule has 0 saturated carbocycles. The van der Waals surface area contributed by atoms with Gasteiger partial charge in [-0.2, -0.15) is 0 Å². The maximum Gasteiger partial charge on any atom is 0.251 e. The third kappa shape index (κ3) is 5.46. The minimum absolute atomic E-state index is 0.168. The lowest BCUT2D eigenvalue weighted by atomic mass is 10.1. The van der Waals surface area contributed by atoms with Crippen LogP contribution in [-0.2, 0) is 24.5 Å². The molecule has 140 valence electrons. The Bertz CT molecular complexity index is 844. The van der Waals surface area contributed by atoms with Crippen molar-refractivity contribution < 1.29 is 18.7 Å². The van der Waals surface area contributed by atoms with Crippen molar-refractivity contribution in [2.24, 2.45) is 0 Å². The minimum atomic E-state index is -0.168. The van der Waals surface area contributed by atoms with Crippen LogP contribution in [0.5, 0.6) is 5.75 Å². The van der Waals surface area contributed by atoms with Crippen LogP contribution < -0.4 is 10.1 Å². The Balaban J connectivity index is 1.64. The van der Waals surface area contributed by atoms with E-state index in [1.165, 1.54) is 0 Å². The third-order valence-electron chi connectivity index (χ3n) is 3.99. The average Bonchev–Trinajstić information content (AvgIpc) is 3.22. The van der Waals surface area contributed by atoms with E-state index in [0.29, 0.717) is 37.7 Å². The highest BCUT2D eigenvalue weighted by atomic mass is 16.5. The predicted molar refractivity (Wildman–Crippen MR) is 102 cm³/mol. The molecule has 0 radical (unpaired) electrons. The Labute approximate surface area is 158 Å². The number of benzene rings is 2. The Hall–Kier alpha value is -3.05. The highest BCUT2D eigenvalue weighted by Gasteiger charge is 2.11. The molecule has 0 spiro atoms. The maximum absolute atomic E-state index is 12.4. The van der Waals surface area contributed by atoms with Crippen molar-refractivity contribution in [1.29, 1.82) is 0 Å². The number of rotatable bonds is 9. The fraction of sp³-hybridized carbons (Fsp3) is 0.227. The third-order valence-corrected chi connectivity index (χ3v) is 3.99. The van der Waals surface area contributed by atoms with Crippen LogP contribution in [0.2, 0.25) is 0 Å². The van der Waals surface area contributed by atoms with Gasteiger partial charge in [0, 0.05) is 11.1 Å². The first kappa shape index (κ1) is 18.7. The lowest BCUT2D eigenvalue weighted by Crippen LogP contribution is -2.22. The average molecular weight is 365 g/mol. The molecule has 0 atom stereocenters. The zero-order valence-electron chi connectivity index (χ0n) is 15.3. The zero-order chi connectivity index (χ0) is 18.9. The van der Waals surface area contributed by atoms with Crippen LogP contribution in [0.1, 0.15) is 34.2 Å². The Morgan fingerprint density at radius 1 is 1.04 bits per heavy atom. The summed E-state index contributed by atoms with van der Waals surface area (Å²) in [5.74, 6) is 1.27. The first-order valence-electron chi connectivity index (χ1n) is 8.94. The van der Waals surface area contributed by atoms with Crippen LogP contribution >= 0.6 is 0 Å². The van der Waals surface area contributed by atoms with Crippen molar-refractivity contribution in [3.8, 4) is 5.75 Å². The number of carbonyl (C=O) groups excluding carboxylic acids is 1. The van der Waals surface area contributed by atoms with E-state index >= 15 is 0 Å². The van der Waals surface area contributed by atoms with E-state index in [1.807, 2.05) is 55.5 Å². The van der Waals surface area contributed by atoms with E-state index in [4.69, 9.17) is 13.9 Å². The number of hydrogen-bond acceptors (Lipinski definition) is 4. The number of ether oxygens (including phenoxy) is 2. The largest absolute Gasteiger partial charge is 0.494 e. The Morgan fingerprint density at radius 3 is 2.63 bits per heavy atom. The van der Waals surface area contributed by atoms with Crippen LogP contribution in [0, 0.1) is 0 Å². The molecule has 5 nitrogen and oxygen atoms in total. The van der Waals surface area contributed by atoms with Crippen molar-refractivity contribution in [3.05, 3.63) is 89.4 Å². The summed E-state index contributed by atoms with van der Waals surface area (Å²) in [7, 11) is 0. The second kappa shape index (κ2) is 9.59. The summed E-state index contributed by atoms with van der Waals surface area (Å²) >= 11 is 0. The molecule has 27 heavy (non-hydrogen) atoms. The lowest BCUT2D eigenvalue weighted by molar-refractivity contribution is 0.0945. The molecule has 0 fully saturated rings. The molecule has 1 aromatic heterocycles. The SMILES string of the molecule is CCOc1ccc(C(=O)NCc2ccco2)cc1COCc1ccccc1. The molecule has 0 unspecified atom stereocenters. The summed E-state index contributed by atoms with van der Waals surface area (Å²) in [4.78, 5) is 12.4. The first-order chi connectivity index (χ1) is 13.3. The van der Waals surface area contributed by atoms with E-state index in [1.54, 1.807) is 18.4 Å². The minimum Gasteiger partial charge on any atom is -0.494 e. The van der Waals surface area contributed by atoms with Gasteiger partial charge in [-0.3, -0.25) is 4.79 Å². The molecule has 1 heterocycles. The molecule has 3 aromatic rings. The Kier molecular flexibility index (Phi) is 6.66. The molecular formula is C22H23NO4. The van der Waals surface area contributed by atoms with Gasteiger partial charge in [-0.15, -0.1) is 0 Å². The van der Waals surface area contributed by atoms with Crippen LogP contribution in [0.15, 0.2) is 71.3 Å². The standard InChI is InChI=1S/C22H23NO4/c1-2-26-21-11-10-18(22(24)23-14-20-9-6-12-27-20)13-19(21)16-25-15-17-7-4-3-5-8-17/h3-13H,2,14-16H2,1H3,(H,23,24). The topological polar surface area (TPSA) is 60.7 Å². The van der Waals surface area contributed by atoms with Gasteiger partial charge < -0.3 is 19.2 Å². The number of nitrogens with one attached hydrogen (secondary N) is 1. The summed E-state index contributed by atoms with van der Waals surface area (Å²) < 4.78 is 16.7. The number of carbonyl (C=O) groups is 1. The maximum atomic E-state index is 12.4. The molecule has 2 aromatic carbocycles. The van der Waals surface area contributed by atoms with Crippen molar-refractivity contribution in [2.75, 3.05) is 6.61 Å². The summed E-state index contributed by atoms with van der Waals surface area (Å²) in [5.41, 5.74) is 2.50. The van der Waals surface area contributed by atoms with Gasteiger partial charge in [0.1, 0.15) is 11.5 Å². The molecular weight excluding hydrogens is 342 g/mol. The predicted octanol–water partition coefficient (Wildman–Crippen LogP) is 4.33. The molecule has 0 aliphatic carbocycles. The summed E-state index contributed by atoms with van der Waals surface area (Å²) in [6.07, 6.45) is 1.58. The summed E-state index contributed by atoms with van der Waals surface area (Å²) in [6.45, 7) is 3.69. The molecule has 3 rings (SSSR count). The quantitative estimate of drug-likeness (QED) is 0.613. The van der Waals surface area contributed by atoms with Crippen molar-refractivity contribution in [2.45, 2.75) is 26.7 Å². The van der Waals surface area contributed by atoms with E-state index in [9.17, 15) is 4.79 Å². The molecule has 1 N–H and O–H groups in total. The number of furan rings is 1. The molecule has 0 aliphatic rings. The van der Waals surface area contributed by atoms with Crippen LogP contribution in [0.25, 0.3) is 0 Å². The van der Waals surface area contributed by atoms with Crippen LogP contribution in [0.4, 0.5) is 0 Å². The smallest absolute Gasteiger partial charge is 0.251 e. The second-order valence-corrected chi connectivity index (χ2v) is 6.00. The molecule has 0 aliphatic heterocycles. The van der Waals surface area contributed by atoms with Crippen LogP contribution in [0.3, 0.4) is 0 Å². The van der Waals surface area contributed by atoms with Gasteiger partial charge in [-0.1, -0.05) is 30.3 Å².